The fraction of sp³-hybridized carbons (Fsp3) is 0.640. The molecule has 0 radical (unpaired) electrons. The van der Waals surface area contributed by atoms with Gasteiger partial charge in [0.1, 0.15) is 0 Å². The Bertz CT molecular complexity index is 1140. The number of fused-ring (bicyclic) bond motifs is 1. The van der Waals surface area contributed by atoms with E-state index in [9.17, 15) is 8.78 Å². The number of ether oxygens (including phenoxy) is 2. The molecule has 0 bridgehead atoms. The molecule has 4 aliphatic rings. The van der Waals surface area contributed by atoms with Gasteiger partial charge in [-0.05, 0) is 31.4 Å². The van der Waals surface area contributed by atoms with Gasteiger partial charge in [-0.15, -0.1) is 0 Å². The Hall–Kier alpha value is -2.77. The maximum atomic E-state index is 12.8. The van der Waals surface area contributed by atoms with Gasteiger partial charge in [0.25, 0.3) is 12.1 Å². The minimum atomic E-state index is -2.97. The van der Waals surface area contributed by atoms with Crippen molar-refractivity contribution in [3.8, 4) is 23.6 Å². The van der Waals surface area contributed by atoms with E-state index in [2.05, 4.69) is 30.2 Å². The number of nitrogens with two attached hydrogens (primary N) is 1. The molecule has 8 nitrogen and oxygen atoms in total. The summed E-state index contributed by atoms with van der Waals surface area (Å²) in [6.07, 6.45) is 8.07. The molecule has 10 heteroatoms. The lowest BCUT2D eigenvalue weighted by Crippen LogP contribution is -2.43. The lowest BCUT2D eigenvalue weighted by molar-refractivity contribution is -0.0494. The smallest absolute Gasteiger partial charge is 0.387 e. The molecule has 3 aliphatic carbocycles. The Labute approximate surface area is 203 Å². The number of rotatable bonds is 6. The molecule has 0 amide bonds. The number of anilines is 1. The summed E-state index contributed by atoms with van der Waals surface area (Å²) in [6.45, 7) is 6.58. The number of hydrogen-bond acceptors (Lipinski definition) is 6. The lowest BCUT2D eigenvalue weighted by Gasteiger charge is -2.32. The number of nitrogens with zero attached hydrogens (tertiary/aromatic N) is 5. The van der Waals surface area contributed by atoms with E-state index in [-0.39, 0.29) is 23.0 Å². The van der Waals surface area contributed by atoms with E-state index >= 15 is 0 Å². The Kier molecular flexibility index (Phi) is 5.65. The molecule has 1 aliphatic heterocycles. The Morgan fingerprint density at radius 2 is 1.97 bits per heavy atom. The van der Waals surface area contributed by atoms with Crippen LogP contribution in [0.1, 0.15) is 56.2 Å². The zero-order chi connectivity index (χ0) is 24.2. The van der Waals surface area contributed by atoms with Crippen molar-refractivity contribution in [2.75, 3.05) is 32.0 Å². The van der Waals surface area contributed by atoms with Crippen LogP contribution in [0.25, 0.3) is 16.1 Å². The van der Waals surface area contributed by atoms with Crippen molar-refractivity contribution < 1.29 is 18.3 Å². The van der Waals surface area contributed by atoms with Crippen LogP contribution in [-0.2, 0) is 4.74 Å². The topological polar surface area (TPSA) is 82.8 Å². The van der Waals surface area contributed by atoms with Crippen molar-refractivity contribution in [2.45, 2.75) is 68.7 Å². The molecule has 2 aromatic rings. The third kappa shape index (κ3) is 3.85. The van der Waals surface area contributed by atoms with Crippen molar-refractivity contribution >= 4 is 5.82 Å². The SMILES string of the molecule is C#[N+][C@]12C[C@@H](N3CCOCC3)C[C@H]1[C@@H]2c1cc(-c2cnc(N)c(OC(F)F)c2)nn1C1CCCC1. The fourth-order valence-electron chi connectivity index (χ4n) is 6.80. The molecule has 35 heavy (non-hydrogen) atoms. The van der Waals surface area contributed by atoms with E-state index in [0.29, 0.717) is 29.3 Å². The van der Waals surface area contributed by atoms with Gasteiger partial charge in [-0.3, -0.25) is 9.58 Å². The summed E-state index contributed by atoms with van der Waals surface area (Å²) in [6, 6.07) is 4.36. The van der Waals surface area contributed by atoms with Gasteiger partial charge in [0.2, 0.25) is 0 Å². The molecule has 1 saturated heterocycles. The summed E-state index contributed by atoms with van der Waals surface area (Å²) in [5.74, 6) is 0.383. The molecule has 2 aromatic heterocycles. The van der Waals surface area contributed by atoms with E-state index in [1.54, 1.807) is 6.20 Å². The lowest BCUT2D eigenvalue weighted by atomic mass is 9.99. The van der Waals surface area contributed by atoms with E-state index in [0.717, 1.165) is 57.7 Å². The normalized spacial score (nSPS) is 31.0. The van der Waals surface area contributed by atoms with Gasteiger partial charge in [-0.2, -0.15) is 13.9 Å². The van der Waals surface area contributed by atoms with Crippen LogP contribution in [-0.4, -0.2) is 64.2 Å². The molecule has 6 rings (SSSR count). The van der Waals surface area contributed by atoms with Crippen molar-refractivity contribution in [2.24, 2.45) is 5.92 Å². The number of morpholine rings is 1. The molecular formula is C25H31F2N6O2+. The molecule has 4 fully saturated rings. The van der Waals surface area contributed by atoms with Crippen molar-refractivity contribution in [1.29, 1.82) is 0 Å². The average Bonchev–Trinajstić information content (AvgIpc) is 3.39. The monoisotopic (exact) mass is 485 g/mol. The van der Waals surface area contributed by atoms with Gasteiger partial charge in [0.05, 0.1) is 42.5 Å². The Morgan fingerprint density at radius 1 is 1.20 bits per heavy atom. The second kappa shape index (κ2) is 8.71. The summed E-state index contributed by atoms with van der Waals surface area (Å²) < 4.78 is 37.9. The van der Waals surface area contributed by atoms with Crippen LogP contribution in [0.4, 0.5) is 14.6 Å². The molecule has 186 valence electrons. The highest BCUT2D eigenvalue weighted by Gasteiger charge is 2.81. The highest BCUT2D eigenvalue weighted by atomic mass is 19.3. The number of hydrogen-bond donors (Lipinski definition) is 1. The van der Waals surface area contributed by atoms with Gasteiger partial charge < -0.3 is 15.2 Å². The van der Waals surface area contributed by atoms with Gasteiger partial charge in [-0.1, -0.05) is 17.7 Å². The largest absolute Gasteiger partial charge is 0.431 e. The number of alkyl halides is 2. The molecule has 3 saturated carbocycles. The second-order valence-corrected chi connectivity index (χ2v) is 10.3. The number of nitrogen functional groups attached to an aromatic ring is 1. The van der Waals surface area contributed by atoms with Crippen LogP contribution >= 0.6 is 0 Å². The van der Waals surface area contributed by atoms with Crippen molar-refractivity contribution in [1.82, 2.24) is 19.7 Å². The van der Waals surface area contributed by atoms with Crippen LogP contribution in [0.2, 0.25) is 0 Å². The maximum absolute atomic E-state index is 12.8. The molecule has 0 unspecified atom stereocenters. The molecule has 3 heterocycles. The summed E-state index contributed by atoms with van der Waals surface area (Å²) in [5.41, 5.74) is 7.90. The first-order valence-electron chi connectivity index (χ1n) is 12.5. The predicted octanol–water partition coefficient (Wildman–Crippen LogP) is 4.15. The van der Waals surface area contributed by atoms with E-state index in [4.69, 9.17) is 22.1 Å². The molecule has 2 N–H and O–H groups in total. The molecular weight excluding hydrogens is 454 g/mol. The quantitative estimate of drug-likeness (QED) is 0.662. The van der Waals surface area contributed by atoms with E-state index in [1.807, 2.05) is 0 Å². The molecule has 4 atom stereocenters. The number of aromatic nitrogens is 3. The highest BCUT2D eigenvalue weighted by Crippen LogP contribution is 2.69. The number of pyridine rings is 1. The molecule has 0 spiro atoms. The predicted molar refractivity (Wildman–Crippen MR) is 127 cm³/mol. The highest BCUT2D eigenvalue weighted by molar-refractivity contribution is 5.65. The van der Waals surface area contributed by atoms with Crippen LogP contribution in [0, 0.1) is 12.5 Å². The van der Waals surface area contributed by atoms with Gasteiger partial charge in [0.15, 0.2) is 11.6 Å². The zero-order valence-corrected chi connectivity index (χ0v) is 19.7. The van der Waals surface area contributed by atoms with Crippen LogP contribution < -0.4 is 10.5 Å². The third-order valence-electron chi connectivity index (χ3n) is 8.51. The maximum Gasteiger partial charge on any atom is 0.387 e. The molecule has 0 aromatic carbocycles. The third-order valence-corrected chi connectivity index (χ3v) is 8.51. The Balaban J connectivity index is 1.32. The van der Waals surface area contributed by atoms with Crippen LogP contribution in [0.3, 0.4) is 0 Å². The number of halogens is 2. The Morgan fingerprint density at radius 3 is 2.66 bits per heavy atom. The minimum absolute atomic E-state index is 0.0729. The van der Waals surface area contributed by atoms with Crippen molar-refractivity contribution in [3.63, 3.8) is 0 Å². The van der Waals surface area contributed by atoms with Gasteiger partial charge in [-0.25, -0.2) is 4.98 Å². The second-order valence-electron chi connectivity index (χ2n) is 10.3. The first-order chi connectivity index (χ1) is 17.0. The first-order valence-corrected chi connectivity index (χ1v) is 12.5. The summed E-state index contributed by atoms with van der Waals surface area (Å²) in [4.78, 5) is 11.1. The summed E-state index contributed by atoms with van der Waals surface area (Å²) in [5, 5.41) is 4.96. The minimum Gasteiger partial charge on any atom is -0.431 e. The van der Waals surface area contributed by atoms with Crippen LogP contribution in [0.5, 0.6) is 5.75 Å². The standard InChI is InChI=1S/C25H31F2N6O2/c1-29-25-13-17(32-6-8-34-9-7-32)11-18(25)22(25)20-12-19(31-33(20)16-4-2-3-5-16)15-10-21(35-24(26)27)23(28)30-14-15/h1,10,12,14,16-18,22,24H,2-9,11,13H2,(H2,28,30)/q+1/t17-,18-,22+,25+/m0/s1. The fourth-order valence-corrected chi connectivity index (χ4v) is 6.80. The van der Waals surface area contributed by atoms with E-state index < -0.39 is 6.61 Å². The zero-order valence-electron chi connectivity index (χ0n) is 19.7. The average molecular weight is 486 g/mol. The summed E-state index contributed by atoms with van der Waals surface area (Å²) >= 11 is 0. The van der Waals surface area contributed by atoms with E-state index in [1.165, 1.54) is 18.9 Å². The van der Waals surface area contributed by atoms with Crippen molar-refractivity contribution in [3.05, 3.63) is 28.9 Å². The summed E-state index contributed by atoms with van der Waals surface area (Å²) in [7, 11) is 0. The van der Waals surface area contributed by atoms with Gasteiger partial charge >= 0.3 is 6.61 Å². The van der Waals surface area contributed by atoms with Gasteiger partial charge in [0, 0.05) is 37.3 Å². The first kappa shape index (κ1) is 22.7. The van der Waals surface area contributed by atoms with Crippen LogP contribution in [0.15, 0.2) is 18.3 Å².